The number of hydrogen-bond donors (Lipinski definition) is 0. The van der Waals surface area contributed by atoms with Gasteiger partial charge in [0.2, 0.25) is 0 Å². The predicted octanol–water partition coefficient (Wildman–Crippen LogP) is 10.0. The van der Waals surface area contributed by atoms with Crippen molar-refractivity contribution in [1.29, 1.82) is 0 Å². The SMILES string of the molecule is C1=C[C@@H]2OP(N(C3CCCC3)C(c3ccccc3)c3ccccc3)Oc3ccc4ccccc4c3C2c2ccccc21. The first kappa shape index (κ1) is 25.9. The summed E-state index contributed by atoms with van der Waals surface area (Å²) in [7, 11) is -1.45. The Balaban J connectivity index is 1.32. The lowest BCUT2D eigenvalue weighted by atomic mass is 9.78. The van der Waals surface area contributed by atoms with Crippen molar-refractivity contribution in [3.63, 3.8) is 0 Å². The van der Waals surface area contributed by atoms with Crippen molar-refractivity contribution in [1.82, 2.24) is 4.67 Å². The van der Waals surface area contributed by atoms with Crippen molar-refractivity contribution >= 4 is 25.4 Å². The largest absolute Gasteiger partial charge is 0.435 e. The highest BCUT2D eigenvalue weighted by Crippen LogP contribution is 2.60. The van der Waals surface area contributed by atoms with Gasteiger partial charge in [0.15, 0.2) is 0 Å². The molecule has 0 bridgehead atoms. The Bertz CT molecular complexity index is 1690. The van der Waals surface area contributed by atoms with Gasteiger partial charge >= 0.3 is 8.53 Å². The van der Waals surface area contributed by atoms with Crippen molar-refractivity contribution in [3.05, 3.63) is 155 Å². The Labute approximate surface area is 249 Å². The van der Waals surface area contributed by atoms with Gasteiger partial charge in [0.05, 0.1) is 12.1 Å². The molecular formula is C38H34NO2P. The fraction of sp³-hybridized carbons (Fsp3) is 0.211. The summed E-state index contributed by atoms with van der Waals surface area (Å²) < 4.78 is 17.1. The Morgan fingerprint density at radius 1 is 0.690 bits per heavy atom. The van der Waals surface area contributed by atoms with Crippen LogP contribution in [0.3, 0.4) is 0 Å². The lowest BCUT2D eigenvalue weighted by Crippen LogP contribution is -2.36. The standard InChI is InChI=1S/C38H34NO2P/c1-3-15-29(16-4-1)38(30-17-5-2-6-18-30)39(31-19-9-10-20-31)42-40-34-25-23-27-13-7-11-21-32(27)36(34)37-33-22-12-8-14-28(33)24-26-35(37)41-42/h1-8,11-18,21-26,31,34,36,38H,9-10,19-20H2/t34-,36?,42?/m0/s1. The molecular weight excluding hydrogens is 533 g/mol. The minimum atomic E-state index is -1.45. The molecule has 1 saturated carbocycles. The van der Waals surface area contributed by atoms with Crippen LogP contribution in [0, 0.1) is 0 Å². The van der Waals surface area contributed by atoms with E-state index in [-0.39, 0.29) is 18.1 Å². The van der Waals surface area contributed by atoms with Crippen molar-refractivity contribution in [3.8, 4) is 5.75 Å². The van der Waals surface area contributed by atoms with E-state index in [0.717, 1.165) is 18.6 Å². The molecule has 0 amide bonds. The van der Waals surface area contributed by atoms with Gasteiger partial charge in [-0.3, -0.25) is 0 Å². The summed E-state index contributed by atoms with van der Waals surface area (Å²) in [6.45, 7) is 0. The van der Waals surface area contributed by atoms with E-state index in [1.165, 1.54) is 51.4 Å². The molecule has 2 aliphatic carbocycles. The number of nitrogens with zero attached hydrogens (tertiary/aromatic N) is 1. The van der Waals surface area contributed by atoms with Crippen LogP contribution >= 0.6 is 8.53 Å². The van der Waals surface area contributed by atoms with Gasteiger partial charge in [-0.15, -0.1) is 0 Å². The van der Waals surface area contributed by atoms with Gasteiger partial charge in [0.25, 0.3) is 0 Å². The predicted molar refractivity (Wildman–Crippen MR) is 173 cm³/mol. The monoisotopic (exact) mass is 567 g/mol. The second-order valence-electron chi connectivity index (χ2n) is 11.6. The van der Waals surface area contributed by atoms with Crippen molar-refractivity contribution in [2.24, 2.45) is 0 Å². The maximum Gasteiger partial charge on any atom is 0.322 e. The first-order chi connectivity index (χ1) is 20.8. The van der Waals surface area contributed by atoms with Crippen LogP contribution in [-0.4, -0.2) is 16.8 Å². The Kier molecular flexibility index (Phi) is 6.88. The van der Waals surface area contributed by atoms with E-state index in [9.17, 15) is 0 Å². The van der Waals surface area contributed by atoms with Crippen LogP contribution in [0.15, 0.2) is 127 Å². The summed E-state index contributed by atoms with van der Waals surface area (Å²) in [5, 5.41) is 2.47. The fourth-order valence-corrected chi connectivity index (χ4v) is 9.14. The first-order valence-electron chi connectivity index (χ1n) is 15.2. The summed E-state index contributed by atoms with van der Waals surface area (Å²) in [5.74, 6) is 0.998. The maximum absolute atomic E-state index is 7.28. The highest BCUT2D eigenvalue weighted by atomic mass is 31.2. The number of rotatable bonds is 5. The molecule has 5 aromatic carbocycles. The van der Waals surface area contributed by atoms with Gasteiger partial charge in [-0.25, -0.2) is 4.67 Å². The minimum Gasteiger partial charge on any atom is -0.435 e. The summed E-state index contributed by atoms with van der Waals surface area (Å²) in [5.41, 5.74) is 6.34. The van der Waals surface area contributed by atoms with E-state index in [1.807, 2.05) is 0 Å². The van der Waals surface area contributed by atoms with Crippen LogP contribution in [0.4, 0.5) is 0 Å². The summed E-state index contributed by atoms with van der Waals surface area (Å²) in [4.78, 5) is 0. The van der Waals surface area contributed by atoms with E-state index in [4.69, 9.17) is 9.05 Å². The molecule has 1 fully saturated rings. The third kappa shape index (κ3) is 4.57. The molecule has 3 nitrogen and oxygen atoms in total. The maximum atomic E-state index is 7.28. The van der Waals surface area contributed by atoms with Crippen molar-refractivity contribution < 1.29 is 9.05 Å². The lowest BCUT2D eigenvalue weighted by Gasteiger charge is -2.40. The number of benzene rings is 5. The molecule has 208 valence electrons. The Morgan fingerprint density at radius 2 is 1.36 bits per heavy atom. The molecule has 0 aromatic heterocycles. The van der Waals surface area contributed by atoms with Gasteiger partial charge in [-0.05, 0) is 51.9 Å². The van der Waals surface area contributed by atoms with Crippen LogP contribution in [0.2, 0.25) is 0 Å². The topological polar surface area (TPSA) is 21.7 Å². The molecule has 2 unspecified atom stereocenters. The number of fused-ring (bicyclic) bond motifs is 7. The average Bonchev–Trinajstić information content (AvgIpc) is 3.52. The summed E-state index contributed by atoms with van der Waals surface area (Å²) in [6.07, 6.45) is 9.16. The zero-order valence-electron chi connectivity index (χ0n) is 23.6. The van der Waals surface area contributed by atoms with E-state index >= 15 is 0 Å². The third-order valence-corrected chi connectivity index (χ3v) is 10.8. The lowest BCUT2D eigenvalue weighted by molar-refractivity contribution is 0.177. The molecule has 4 heteroatoms. The Morgan fingerprint density at radius 3 is 2.12 bits per heavy atom. The van der Waals surface area contributed by atoms with E-state index in [1.54, 1.807) is 0 Å². The van der Waals surface area contributed by atoms with Crippen molar-refractivity contribution in [2.45, 2.75) is 49.8 Å². The van der Waals surface area contributed by atoms with E-state index in [2.05, 4.69) is 138 Å². The average molecular weight is 568 g/mol. The highest BCUT2D eigenvalue weighted by molar-refractivity contribution is 7.45. The molecule has 3 atom stereocenters. The molecule has 0 saturated heterocycles. The second kappa shape index (κ2) is 11.2. The van der Waals surface area contributed by atoms with Crippen molar-refractivity contribution in [2.75, 3.05) is 0 Å². The molecule has 0 radical (unpaired) electrons. The molecule has 8 rings (SSSR count). The normalized spacial score (nSPS) is 21.5. The molecule has 3 aliphatic rings. The molecule has 1 aliphatic heterocycles. The second-order valence-corrected chi connectivity index (χ2v) is 12.9. The molecule has 1 heterocycles. The van der Waals surface area contributed by atoms with Crippen LogP contribution in [0.5, 0.6) is 5.75 Å². The zero-order chi connectivity index (χ0) is 27.9. The van der Waals surface area contributed by atoms with Crippen LogP contribution in [-0.2, 0) is 4.52 Å². The smallest absolute Gasteiger partial charge is 0.322 e. The van der Waals surface area contributed by atoms with Crippen LogP contribution < -0.4 is 4.52 Å². The molecule has 42 heavy (non-hydrogen) atoms. The summed E-state index contributed by atoms with van der Waals surface area (Å²) >= 11 is 0. The quantitative estimate of drug-likeness (QED) is 0.197. The third-order valence-electron chi connectivity index (χ3n) is 9.14. The Hall–Kier alpha value is -3.75. The molecule has 0 N–H and O–H groups in total. The minimum absolute atomic E-state index is 0.0296. The number of hydrogen-bond acceptors (Lipinski definition) is 3. The highest BCUT2D eigenvalue weighted by Gasteiger charge is 2.45. The van der Waals surface area contributed by atoms with Crippen LogP contribution in [0.1, 0.15) is 65.5 Å². The van der Waals surface area contributed by atoms with Gasteiger partial charge in [-0.2, -0.15) is 0 Å². The zero-order valence-corrected chi connectivity index (χ0v) is 24.4. The van der Waals surface area contributed by atoms with Crippen LogP contribution in [0.25, 0.3) is 16.8 Å². The van der Waals surface area contributed by atoms with Gasteiger partial charge in [-0.1, -0.05) is 140 Å². The van der Waals surface area contributed by atoms with Gasteiger partial charge < -0.3 is 9.05 Å². The van der Waals surface area contributed by atoms with Gasteiger partial charge in [0.1, 0.15) is 5.75 Å². The first-order valence-corrected chi connectivity index (χ1v) is 16.3. The van der Waals surface area contributed by atoms with E-state index in [0.29, 0.717) is 6.04 Å². The summed E-state index contributed by atoms with van der Waals surface area (Å²) in [6, 6.07) is 44.1. The van der Waals surface area contributed by atoms with Gasteiger partial charge in [0, 0.05) is 17.5 Å². The molecule has 0 spiro atoms. The fourth-order valence-electron chi connectivity index (χ4n) is 7.21. The molecule has 5 aromatic rings. The van der Waals surface area contributed by atoms with E-state index < -0.39 is 8.53 Å².